The lowest BCUT2D eigenvalue weighted by Gasteiger charge is -2.42. The average molecular weight is 580 g/mol. The second-order valence-corrected chi connectivity index (χ2v) is 11.6. The largest absolute Gasteiger partial charge is 0.506 e. The van der Waals surface area contributed by atoms with E-state index in [1.165, 1.54) is 24.3 Å². The van der Waals surface area contributed by atoms with Gasteiger partial charge in [-0.15, -0.1) is 0 Å². The molecule has 1 aromatic heterocycles. The van der Waals surface area contributed by atoms with Crippen LogP contribution in [0.25, 0.3) is 0 Å². The zero-order valence-electron chi connectivity index (χ0n) is 24.3. The van der Waals surface area contributed by atoms with E-state index >= 15 is 0 Å². The van der Waals surface area contributed by atoms with Crippen LogP contribution < -0.4 is 14.5 Å². The van der Waals surface area contributed by atoms with Gasteiger partial charge in [0.1, 0.15) is 29.7 Å². The number of carbonyl (C=O) groups is 1. The maximum absolute atomic E-state index is 14.9. The number of aromatic hydroxyl groups is 1. The molecule has 0 aliphatic carbocycles. The lowest BCUT2D eigenvalue weighted by atomic mass is 9.86. The molecule has 0 radical (unpaired) electrons. The number of halogens is 1. The minimum absolute atomic E-state index is 0.123. The molecule has 42 heavy (non-hydrogen) atoms. The van der Waals surface area contributed by atoms with E-state index in [-0.39, 0.29) is 47.8 Å². The van der Waals surface area contributed by atoms with Crippen molar-refractivity contribution < 1.29 is 23.8 Å². The highest BCUT2D eigenvalue weighted by Gasteiger charge is 2.41. The van der Waals surface area contributed by atoms with Gasteiger partial charge in [-0.05, 0) is 45.1 Å². The maximum Gasteiger partial charge on any atom is 0.318 e. The van der Waals surface area contributed by atoms with Crippen LogP contribution in [0.4, 0.5) is 15.9 Å². The van der Waals surface area contributed by atoms with Crippen molar-refractivity contribution in [3.8, 4) is 17.8 Å². The van der Waals surface area contributed by atoms with E-state index in [1.807, 2.05) is 19.0 Å². The fraction of sp³-hybridized carbons (Fsp3) is 0.533. The van der Waals surface area contributed by atoms with Crippen molar-refractivity contribution in [1.82, 2.24) is 19.8 Å². The predicted molar refractivity (Wildman–Crippen MR) is 155 cm³/mol. The number of phenolic OH excluding ortho intramolecular Hbond substituents is 1. The van der Waals surface area contributed by atoms with Crippen LogP contribution in [0, 0.1) is 22.6 Å². The molecule has 2 aromatic rings. The number of hydrogen-bond donors (Lipinski definition) is 1. The summed E-state index contributed by atoms with van der Waals surface area (Å²) in [6.07, 6.45) is 2.80. The Hall–Kier alpha value is -3.95. The van der Waals surface area contributed by atoms with Gasteiger partial charge in [-0.25, -0.2) is 4.39 Å². The lowest BCUT2D eigenvalue weighted by molar-refractivity contribution is -0.140. The molecule has 5 rings (SSSR count). The van der Waals surface area contributed by atoms with Crippen molar-refractivity contribution in [3.63, 3.8) is 0 Å². The maximum atomic E-state index is 14.9. The van der Waals surface area contributed by atoms with E-state index in [0.29, 0.717) is 70.4 Å². The van der Waals surface area contributed by atoms with E-state index in [4.69, 9.17) is 19.4 Å². The van der Waals surface area contributed by atoms with Gasteiger partial charge in [-0.1, -0.05) is 12.6 Å². The zero-order chi connectivity index (χ0) is 29.9. The summed E-state index contributed by atoms with van der Waals surface area (Å²) < 4.78 is 26.7. The fourth-order valence-corrected chi connectivity index (χ4v) is 6.16. The van der Waals surface area contributed by atoms with E-state index in [2.05, 4.69) is 22.4 Å². The van der Waals surface area contributed by atoms with Crippen LogP contribution in [0.15, 0.2) is 30.9 Å². The van der Waals surface area contributed by atoms with Gasteiger partial charge in [0.05, 0.1) is 49.4 Å². The monoisotopic (exact) mass is 579 g/mol. The topological polar surface area (TPSA) is 118 Å². The fourth-order valence-electron chi connectivity index (χ4n) is 6.16. The first-order chi connectivity index (χ1) is 20.2. The molecular weight excluding hydrogens is 541 g/mol. The van der Waals surface area contributed by atoms with Crippen molar-refractivity contribution in [2.45, 2.75) is 31.8 Å². The summed E-state index contributed by atoms with van der Waals surface area (Å²) in [5.74, 6) is -0.117. The van der Waals surface area contributed by atoms with Gasteiger partial charge in [-0.3, -0.25) is 4.79 Å². The van der Waals surface area contributed by atoms with Gasteiger partial charge < -0.3 is 34.2 Å². The third kappa shape index (κ3) is 6.12. The Morgan fingerprint density at radius 1 is 1.31 bits per heavy atom. The summed E-state index contributed by atoms with van der Waals surface area (Å²) in [7, 11) is 4.02. The number of anilines is 2. The number of carbonyl (C=O) groups excluding carboxylic acids is 1. The molecule has 0 unspecified atom stereocenters. The summed E-state index contributed by atoms with van der Waals surface area (Å²) in [6.45, 7) is 8.08. The van der Waals surface area contributed by atoms with Crippen LogP contribution in [-0.2, 0) is 22.5 Å². The summed E-state index contributed by atoms with van der Waals surface area (Å²) in [6, 6.07) is 6.40. The highest BCUT2D eigenvalue weighted by Crippen LogP contribution is 2.36. The molecular formula is C30H38FN7O4. The summed E-state index contributed by atoms with van der Waals surface area (Å²) >= 11 is 0. The van der Waals surface area contributed by atoms with Crippen molar-refractivity contribution in [3.05, 3.63) is 47.9 Å². The number of benzene rings is 1. The van der Waals surface area contributed by atoms with Crippen LogP contribution in [0.2, 0.25) is 0 Å². The van der Waals surface area contributed by atoms with E-state index in [1.54, 1.807) is 4.90 Å². The Kier molecular flexibility index (Phi) is 8.80. The van der Waals surface area contributed by atoms with Gasteiger partial charge in [0.15, 0.2) is 0 Å². The van der Waals surface area contributed by atoms with Gasteiger partial charge in [0.2, 0.25) is 5.91 Å². The van der Waals surface area contributed by atoms with E-state index < -0.39 is 5.82 Å². The van der Waals surface area contributed by atoms with Gasteiger partial charge >= 0.3 is 6.01 Å². The highest BCUT2D eigenvalue weighted by atomic mass is 19.1. The van der Waals surface area contributed by atoms with E-state index in [9.17, 15) is 19.6 Å². The van der Waals surface area contributed by atoms with Gasteiger partial charge in [0, 0.05) is 38.3 Å². The minimum Gasteiger partial charge on any atom is -0.506 e. The molecule has 1 amide bonds. The molecule has 11 nitrogen and oxygen atoms in total. The predicted octanol–water partition coefficient (Wildman–Crippen LogP) is 2.35. The molecule has 12 heteroatoms. The molecule has 2 fully saturated rings. The number of phenols is 1. The summed E-state index contributed by atoms with van der Waals surface area (Å²) in [4.78, 5) is 29.9. The average Bonchev–Trinajstić information content (AvgIpc) is 3.16. The van der Waals surface area contributed by atoms with Crippen LogP contribution in [0.3, 0.4) is 0 Å². The Bertz CT molecular complexity index is 1340. The standard InChI is InChI=1S/C30H38FN7O4/c1-4-26(40)38-14-13-37(15-21(38)10-11-32)28-22-7-6-12-36(27-23(31)8-5-9-25(27)39)16-24(22)33-29(34-28)42-20-30(17-35(2)3)18-41-19-30/h4-5,8-9,21,39H,1,6-7,10,12-20H2,2-3H3/t21-/m0/s1. The third-order valence-electron chi connectivity index (χ3n) is 8.07. The molecule has 3 aliphatic rings. The third-order valence-corrected chi connectivity index (χ3v) is 8.07. The molecule has 4 heterocycles. The summed E-state index contributed by atoms with van der Waals surface area (Å²) in [5.41, 5.74) is 1.60. The number of aromatic nitrogens is 2. The first-order valence-electron chi connectivity index (χ1n) is 14.3. The second kappa shape index (κ2) is 12.5. The molecule has 1 N–H and O–H groups in total. The molecule has 3 aliphatic heterocycles. The molecule has 0 spiro atoms. The Balaban J connectivity index is 1.50. The number of fused-ring (bicyclic) bond motifs is 1. The lowest BCUT2D eigenvalue weighted by Crippen LogP contribution is -2.55. The smallest absolute Gasteiger partial charge is 0.318 e. The Labute approximate surface area is 245 Å². The SMILES string of the molecule is C=CC(=O)N1CCN(c2nc(OCC3(CN(C)C)COC3)nc3c2CCCN(c2c(O)cccc2F)C3)C[C@@H]1CC#N. The van der Waals surface area contributed by atoms with Gasteiger partial charge in [-0.2, -0.15) is 15.2 Å². The quantitative estimate of drug-likeness (QED) is 0.444. The van der Waals surface area contributed by atoms with Crippen molar-refractivity contribution in [2.75, 3.05) is 76.4 Å². The zero-order valence-corrected chi connectivity index (χ0v) is 24.3. The Morgan fingerprint density at radius 2 is 2.12 bits per heavy atom. The van der Waals surface area contributed by atoms with E-state index in [0.717, 1.165) is 12.1 Å². The Morgan fingerprint density at radius 3 is 2.79 bits per heavy atom. The number of hydrogen-bond acceptors (Lipinski definition) is 10. The molecule has 224 valence electrons. The first kappa shape index (κ1) is 29.5. The van der Waals surface area contributed by atoms with Crippen LogP contribution in [0.5, 0.6) is 11.8 Å². The molecule has 0 saturated carbocycles. The molecule has 1 aromatic carbocycles. The normalized spacial score (nSPS) is 19.9. The van der Waals surface area contributed by atoms with Gasteiger partial charge in [0.25, 0.3) is 0 Å². The number of para-hydroxylation sites is 1. The number of nitrogens with zero attached hydrogens (tertiary/aromatic N) is 7. The molecule has 0 bridgehead atoms. The number of nitriles is 1. The van der Waals surface area contributed by atoms with Crippen LogP contribution >= 0.6 is 0 Å². The van der Waals surface area contributed by atoms with Crippen LogP contribution in [-0.4, -0.2) is 103 Å². The molecule has 2 saturated heterocycles. The number of amides is 1. The van der Waals surface area contributed by atoms with Crippen molar-refractivity contribution in [1.29, 1.82) is 5.26 Å². The number of ether oxygens (including phenoxy) is 2. The number of piperazine rings is 1. The summed E-state index contributed by atoms with van der Waals surface area (Å²) in [5, 5.41) is 20.0. The van der Waals surface area contributed by atoms with Crippen molar-refractivity contribution in [2.24, 2.45) is 5.41 Å². The van der Waals surface area contributed by atoms with Crippen LogP contribution in [0.1, 0.15) is 24.1 Å². The molecule has 1 atom stereocenters. The highest BCUT2D eigenvalue weighted by molar-refractivity contribution is 5.87. The second-order valence-electron chi connectivity index (χ2n) is 11.6. The minimum atomic E-state index is -0.498. The van der Waals surface area contributed by atoms with Crippen molar-refractivity contribution >= 4 is 17.4 Å². The number of rotatable bonds is 9. The first-order valence-corrected chi connectivity index (χ1v) is 14.3.